The zero-order valence-electron chi connectivity index (χ0n) is 18.4. The molecule has 2 aromatic carbocycles. The van der Waals surface area contributed by atoms with Gasteiger partial charge in [0.1, 0.15) is 17.3 Å². The van der Waals surface area contributed by atoms with Gasteiger partial charge >= 0.3 is 0 Å². The number of Topliss-reactive ketones (excluding diaryl/α,β-unsaturated/α-hetero) is 1. The average Bonchev–Trinajstić information content (AvgIpc) is 3.64. The van der Waals surface area contributed by atoms with Gasteiger partial charge in [-0.3, -0.25) is 4.79 Å². The minimum absolute atomic E-state index is 0.0141. The van der Waals surface area contributed by atoms with Crippen molar-refractivity contribution in [2.24, 2.45) is 0 Å². The van der Waals surface area contributed by atoms with Crippen LogP contribution < -0.4 is 0 Å². The van der Waals surface area contributed by atoms with Crippen LogP contribution in [0.3, 0.4) is 0 Å². The number of ketones is 1. The molecule has 0 fully saturated rings. The molecule has 2 aliphatic rings. The van der Waals surface area contributed by atoms with Crippen LogP contribution in [-0.2, 0) is 6.42 Å². The molecule has 172 valence electrons. The van der Waals surface area contributed by atoms with Crippen molar-refractivity contribution in [2.75, 3.05) is 0 Å². The molecule has 0 aliphatic carbocycles. The maximum absolute atomic E-state index is 13.9. The Morgan fingerprint density at radius 2 is 1.46 bits per heavy atom. The third-order valence-electron chi connectivity index (χ3n) is 6.40. The zero-order valence-corrected chi connectivity index (χ0v) is 18.4. The van der Waals surface area contributed by atoms with Crippen molar-refractivity contribution >= 4 is 5.78 Å². The predicted octanol–water partition coefficient (Wildman–Crippen LogP) is 4.50. The van der Waals surface area contributed by atoms with Crippen molar-refractivity contribution in [3.8, 4) is 12.1 Å². The molecule has 0 amide bonds. The second kappa shape index (κ2) is 8.96. The largest absolute Gasteiger partial charge is 0.327 e. The highest BCUT2D eigenvalue weighted by molar-refractivity contribution is 5.97. The summed E-state index contributed by atoms with van der Waals surface area (Å²) in [4.78, 5) is 19.7. The number of halogens is 2. The van der Waals surface area contributed by atoms with Gasteiger partial charge in [-0.2, -0.15) is 10.5 Å². The third kappa shape index (κ3) is 3.98. The minimum atomic E-state index is -0.464. The van der Waals surface area contributed by atoms with E-state index in [4.69, 9.17) is 10.5 Å². The third-order valence-corrected chi connectivity index (χ3v) is 6.40. The molecule has 2 aromatic heterocycles. The number of benzene rings is 2. The van der Waals surface area contributed by atoms with Gasteiger partial charge in [0.2, 0.25) is 0 Å². The van der Waals surface area contributed by atoms with Gasteiger partial charge in [-0.05, 0) is 37.1 Å². The van der Waals surface area contributed by atoms with Gasteiger partial charge in [0.05, 0.1) is 54.2 Å². The highest BCUT2D eigenvalue weighted by atomic mass is 19.1. The first-order chi connectivity index (χ1) is 17.0. The van der Waals surface area contributed by atoms with Crippen LogP contribution in [0, 0.1) is 34.3 Å². The molecule has 0 unspecified atom stereocenters. The van der Waals surface area contributed by atoms with Gasteiger partial charge < -0.3 is 9.13 Å². The fourth-order valence-corrected chi connectivity index (χ4v) is 4.68. The first-order valence-corrected chi connectivity index (χ1v) is 10.9. The molecule has 4 aromatic rings. The number of carbonyl (C=O) groups excluding carboxylic acids is 1. The van der Waals surface area contributed by atoms with Crippen LogP contribution in [0.4, 0.5) is 8.78 Å². The van der Waals surface area contributed by atoms with Crippen molar-refractivity contribution in [2.45, 2.75) is 31.3 Å². The first-order valence-electron chi connectivity index (χ1n) is 10.9. The molecule has 2 aliphatic heterocycles. The maximum atomic E-state index is 13.9. The summed E-state index contributed by atoms with van der Waals surface area (Å²) in [5.74, 6) is -0.815. The molecule has 35 heavy (non-hydrogen) atoms. The summed E-state index contributed by atoms with van der Waals surface area (Å²) in [5.41, 5.74) is 3.32. The highest BCUT2D eigenvalue weighted by Crippen LogP contribution is 2.34. The summed E-state index contributed by atoms with van der Waals surface area (Å²) in [6.45, 7) is 0. The summed E-state index contributed by atoms with van der Waals surface area (Å²) >= 11 is 0. The molecule has 7 nitrogen and oxygen atoms in total. The molecule has 0 saturated heterocycles. The lowest BCUT2D eigenvalue weighted by Crippen LogP contribution is -2.07. The van der Waals surface area contributed by atoms with Gasteiger partial charge in [0, 0.05) is 29.4 Å². The summed E-state index contributed by atoms with van der Waals surface area (Å²) in [6, 6.07) is 12.4. The predicted molar refractivity (Wildman–Crippen MR) is 120 cm³/mol. The molecule has 9 heteroatoms. The van der Waals surface area contributed by atoms with Crippen molar-refractivity contribution in [1.82, 2.24) is 19.1 Å². The smallest absolute Gasteiger partial charge is 0.183 e. The van der Waals surface area contributed by atoms with E-state index in [1.807, 2.05) is 22.9 Å². The van der Waals surface area contributed by atoms with Crippen LogP contribution >= 0.6 is 0 Å². The molecule has 6 rings (SSSR count). The van der Waals surface area contributed by atoms with Crippen molar-refractivity contribution in [3.63, 3.8) is 0 Å². The monoisotopic (exact) mass is 468 g/mol. The molecule has 0 spiro atoms. The van der Waals surface area contributed by atoms with Gasteiger partial charge in [-0.1, -0.05) is 12.1 Å². The lowest BCUT2D eigenvalue weighted by molar-refractivity contribution is 0.0991. The van der Waals surface area contributed by atoms with Crippen LogP contribution in [-0.4, -0.2) is 24.9 Å². The van der Waals surface area contributed by atoms with E-state index in [1.165, 1.54) is 24.7 Å². The number of aromatic nitrogens is 4. The van der Waals surface area contributed by atoms with E-state index >= 15 is 0 Å². The fraction of sp³-hybridized carbons (Fsp3) is 0.192. The van der Waals surface area contributed by atoms with Crippen LogP contribution in [0.5, 0.6) is 0 Å². The number of aryl methyl sites for hydroxylation is 1. The molecule has 0 saturated carbocycles. The summed E-state index contributed by atoms with van der Waals surface area (Å²) in [5, 5.41) is 17.4. The zero-order chi connectivity index (χ0) is 24.5. The lowest BCUT2D eigenvalue weighted by atomic mass is 10.0. The van der Waals surface area contributed by atoms with Gasteiger partial charge in [-0.25, -0.2) is 18.7 Å². The Hall–Kier alpha value is -4.63. The Morgan fingerprint density at radius 1 is 0.857 bits per heavy atom. The number of nitriles is 2. The second-order valence-corrected chi connectivity index (χ2v) is 8.37. The maximum Gasteiger partial charge on any atom is 0.183 e. The number of nitrogens with zero attached hydrogens (tertiary/aromatic N) is 6. The van der Waals surface area contributed by atoms with Crippen LogP contribution in [0.15, 0.2) is 61.4 Å². The molecular weight excluding hydrogens is 450 g/mol. The van der Waals surface area contributed by atoms with Crippen molar-refractivity contribution in [3.05, 3.63) is 107 Å². The fourth-order valence-electron chi connectivity index (χ4n) is 4.68. The van der Waals surface area contributed by atoms with E-state index < -0.39 is 5.82 Å². The van der Waals surface area contributed by atoms with Gasteiger partial charge in [0.15, 0.2) is 5.78 Å². The Balaban J connectivity index is 0.000000145. The Kier molecular flexibility index (Phi) is 5.68. The van der Waals surface area contributed by atoms with Crippen LogP contribution in [0.1, 0.15) is 63.4 Å². The Bertz CT molecular complexity index is 1520. The van der Waals surface area contributed by atoms with Crippen LogP contribution in [0.25, 0.3) is 0 Å². The Labute approximate surface area is 199 Å². The standard InChI is InChI=1S/C13H8FN3O.C13H10FN3/c14-10-3-8(5-15)1-2-9(10)11-4-13(18)12-6-16-7-17(11)12;14-12-5-9(6-15)1-3-11(12)13-4-2-10-7-16-8-17(10)13/h1-3,6-7,11H,4H2;1,3,5,7-8,13H,2,4H2/t11-;13-/m11/s1. The van der Waals surface area contributed by atoms with Gasteiger partial charge in [-0.15, -0.1) is 0 Å². The first kappa shape index (κ1) is 22.2. The van der Waals surface area contributed by atoms with E-state index in [2.05, 4.69) is 9.97 Å². The minimum Gasteiger partial charge on any atom is -0.327 e. The number of imidazole rings is 2. The molecule has 0 radical (unpaired) electrons. The van der Waals surface area contributed by atoms with E-state index in [0.717, 1.165) is 18.5 Å². The molecule has 0 N–H and O–H groups in total. The Morgan fingerprint density at radius 3 is 2.09 bits per heavy atom. The van der Waals surface area contributed by atoms with E-state index in [1.54, 1.807) is 35.2 Å². The second-order valence-electron chi connectivity index (χ2n) is 8.37. The van der Waals surface area contributed by atoms with E-state index in [9.17, 15) is 13.6 Å². The van der Waals surface area contributed by atoms with E-state index in [-0.39, 0.29) is 35.7 Å². The van der Waals surface area contributed by atoms with Crippen molar-refractivity contribution in [1.29, 1.82) is 10.5 Å². The van der Waals surface area contributed by atoms with Crippen molar-refractivity contribution < 1.29 is 13.6 Å². The molecule has 4 heterocycles. The van der Waals surface area contributed by atoms with Gasteiger partial charge in [0.25, 0.3) is 0 Å². The topological polar surface area (TPSA) is 100 Å². The normalized spacial score (nSPS) is 17.7. The number of hydrogen-bond donors (Lipinski definition) is 0. The van der Waals surface area contributed by atoms with E-state index in [0.29, 0.717) is 22.4 Å². The average molecular weight is 468 g/mol. The molecule has 2 atom stereocenters. The highest BCUT2D eigenvalue weighted by Gasteiger charge is 2.31. The summed E-state index contributed by atoms with van der Waals surface area (Å²) < 4.78 is 31.5. The number of carbonyl (C=O) groups is 1. The molecular formula is C26H18F2N6O. The quantitative estimate of drug-likeness (QED) is 0.431. The lowest BCUT2D eigenvalue weighted by Gasteiger charge is -2.14. The summed E-state index contributed by atoms with van der Waals surface area (Å²) in [7, 11) is 0. The molecule has 0 bridgehead atoms. The SMILES string of the molecule is N#Cc1ccc([C@H]2CC(=O)c3cncn32)c(F)c1.N#Cc1ccc([C@H]2CCc3cncn32)c(F)c1. The number of hydrogen-bond acceptors (Lipinski definition) is 5. The number of fused-ring (bicyclic) bond motifs is 2. The summed E-state index contributed by atoms with van der Waals surface area (Å²) in [6.07, 6.45) is 8.63. The van der Waals surface area contributed by atoms with Crippen LogP contribution in [0.2, 0.25) is 0 Å². The number of rotatable bonds is 2.